The normalized spacial score (nSPS) is 17.8. The lowest BCUT2D eigenvalue weighted by Crippen LogP contribution is -2.24. The molecule has 218 valence electrons. The van der Waals surface area contributed by atoms with Gasteiger partial charge in [-0.1, -0.05) is 0 Å². The number of ether oxygens (including phenoxy) is 2. The Morgan fingerprint density at radius 2 is 1.88 bits per heavy atom. The molecule has 1 fully saturated rings. The van der Waals surface area contributed by atoms with Crippen molar-refractivity contribution in [2.24, 2.45) is 0 Å². The number of pyridine rings is 2. The third-order valence-corrected chi connectivity index (χ3v) is 8.58. The Balaban J connectivity index is 1.23. The van der Waals surface area contributed by atoms with Gasteiger partial charge in [0.15, 0.2) is 11.6 Å². The molecule has 6 rings (SSSR count). The second-order valence-electron chi connectivity index (χ2n) is 9.72. The number of amides is 1. The summed E-state index contributed by atoms with van der Waals surface area (Å²) < 4.78 is 88.9. The molecule has 0 radical (unpaired) electrons. The molecular formula is C27H21F4N5O5S. The fraction of sp³-hybridized carbons (Fsp3) is 0.296. The van der Waals surface area contributed by atoms with E-state index in [2.05, 4.69) is 30.0 Å². The van der Waals surface area contributed by atoms with Crippen molar-refractivity contribution < 1.29 is 40.2 Å². The van der Waals surface area contributed by atoms with Crippen LogP contribution in [0, 0.1) is 5.82 Å². The first-order chi connectivity index (χ1) is 20.1. The molecule has 4 aromatic rings. The van der Waals surface area contributed by atoms with Gasteiger partial charge in [-0.2, -0.15) is 8.78 Å². The number of benzene rings is 1. The van der Waals surface area contributed by atoms with Crippen LogP contribution in [-0.4, -0.2) is 53.0 Å². The molecule has 1 aliphatic carbocycles. The predicted octanol–water partition coefficient (Wildman–Crippen LogP) is 4.49. The fourth-order valence-electron chi connectivity index (χ4n) is 4.48. The third-order valence-electron chi connectivity index (χ3n) is 6.76. The summed E-state index contributed by atoms with van der Waals surface area (Å²) in [7, 11) is -4.55. The molecule has 2 aliphatic rings. The highest BCUT2D eigenvalue weighted by Crippen LogP contribution is 2.43. The zero-order chi connectivity index (χ0) is 29.6. The zero-order valence-corrected chi connectivity index (χ0v) is 22.4. The highest BCUT2D eigenvalue weighted by atomic mass is 32.2. The molecule has 0 bridgehead atoms. The van der Waals surface area contributed by atoms with Crippen LogP contribution >= 0.6 is 0 Å². The number of carbonyl (C=O) groups excluding carboxylic acids is 1. The van der Waals surface area contributed by atoms with E-state index in [1.165, 1.54) is 12.4 Å². The minimum Gasteiger partial charge on any atom is -0.489 e. The number of hydrogen-bond donors (Lipinski definition) is 1. The fourth-order valence-corrected chi connectivity index (χ4v) is 5.87. The molecule has 0 unspecified atom stereocenters. The molecule has 10 nitrogen and oxygen atoms in total. The van der Waals surface area contributed by atoms with E-state index < -0.39 is 50.7 Å². The lowest BCUT2D eigenvalue weighted by atomic mass is 10.1. The van der Waals surface area contributed by atoms with Crippen molar-refractivity contribution in [3.05, 3.63) is 65.5 Å². The van der Waals surface area contributed by atoms with Gasteiger partial charge in [-0.25, -0.2) is 32.2 Å². The van der Waals surface area contributed by atoms with Crippen LogP contribution in [0.2, 0.25) is 0 Å². The monoisotopic (exact) mass is 603 g/mol. The van der Waals surface area contributed by atoms with Gasteiger partial charge in [-0.15, -0.1) is 0 Å². The van der Waals surface area contributed by atoms with Crippen LogP contribution < -0.4 is 14.8 Å². The first-order valence-electron chi connectivity index (χ1n) is 12.8. The molecule has 1 N–H and O–H groups in total. The number of carbonyl (C=O) groups is 1. The maximum absolute atomic E-state index is 14.6. The number of nitrogens with zero attached hydrogens (tertiary/aromatic N) is 4. The summed E-state index contributed by atoms with van der Waals surface area (Å²) in [5.41, 5.74) is -0.612. The van der Waals surface area contributed by atoms with Crippen molar-refractivity contribution in [3.8, 4) is 23.0 Å². The number of alkyl halides is 3. The number of nitrogens with one attached hydrogen (secondary N) is 1. The molecule has 15 heteroatoms. The molecule has 0 saturated heterocycles. The highest BCUT2D eigenvalue weighted by Gasteiger charge is 2.36. The van der Waals surface area contributed by atoms with Crippen molar-refractivity contribution in [3.63, 3.8) is 0 Å². The molecule has 1 saturated carbocycles. The van der Waals surface area contributed by atoms with Gasteiger partial charge in [-0.3, -0.25) is 9.78 Å². The Hall–Kier alpha value is -4.40. The molecule has 3 aromatic heterocycles. The van der Waals surface area contributed by atoms with E-state index in [9.17, 15) is 30.8 Å². The summed E-state index contributed by atoms with van der Waals surface area (Å²) in [4.78, 5) is 29.4. The van der Waals surface area contributed by atoms with Crippen LogP contribution in [0.4, 0.5) is 17.6 Å². The van der Waals surface area contributed by atoms with Crippen molar-refractivity contribution in [1.29, 1.82) is 0 Å². The lowest BCUT2D eigenvalue weighted by Gasteiger charge is -2.12. The van der Waals surface area contributed by atoms with Crippen LogP contribution in [0.15, 0.2) is 47.6 Å². The van der Waals surface area contributed by atoms with Gasteiger partial charge < -0.3 is 14.8 Å². The molecular weight excluding hydrogens is 582 g/mol. The predicted molar refractivity (Wildman–Crippen MR) is 139 cm³/mol. The minimum atomic E-state index is -4.55. The molecule has 1 aromatic carbocycles. The number of hydrogen-bond acceptors (Lipinski definition) is 9. The Morgan fingerprint density at radius 1 is 1.07 bits per heavy atom. The van der Waals surface area contributed by atoms with E-state index in [-0.39, 0.29) is 30.5 Å². The molecule has 4 heterocycles. The van der Waals surface area contributed by atoms with E-state index in [0.29, 0.717) is 33.7 Å². The quantitative estimate of drug-likeness (QED) is 0.304. The molecule has 1 amide bonds. The van der Waals surface area contributed by atoms with Crippen molar-refractivity contribution in [2.45, 2.75) is 48.7 Å². The topological polar surface area (TPSA) is 133 Å². The second-order valence-corrected chi connectivity index (χ2v) is 11.8. The molecule has 42 heavy (non-hydrogen) atoms. The summed E-state index contributed by atoms with van der Waals surface area (Å²) in [5, 5.41) is 3.21. The standard InChI is InChI=1S/C27H21F4N5O5S/c28-17-7-15(8-21-24(17)40-6-5-22(29)42(21,38)39)25(37)33-11-16-9-19-14(10-32-16)3-4-18(35-19)20-12-34-26(41-27(30)31)23(36-20)13-1-2-13/h3-4,7-10,12-13,22,27H,1-2,5-6,11H2,(H,33,37)/t22-/m1/s1. The van der Waals surface area contributed by atoms with Crippen LogP contribution in [0.1, 0.15) is 46.9 Å². The van der Waals surface area contributed by atoms with E-state index in [4.69, 9.17) is 4.74 Å². The summed E-state index contributed by atoms with van der Waals surface area (Å²) in [6, 6.07) is 6.74. The van der Waals surface area contributed by atoms with Crippen molar-refractivity contribution >= 4 is 26.6 Å². The molecule has 0 spiro atoms. The maximum atomic E-state index is 14.6. The number of aromatic nitrogens is 4. The molecule has 1 aliphatic heterocycles. The van der Waals surface area contributed by atoms with Crippen LogP contribution in [0.3, 0.4) is 0 Å². The Morgan fingerprint density at radius 3 is 2.64 bits per heavy atom. The van der Waals surface area contributed by atoms with Crippen LogP contribution in [0.5, 0.6) is 11.6 Å². The van der Waals surface area contributed by atoms with E-state index >= 15 is 0 Å². The first kappa shape index (κ1) is 27.8. The van der Waals surface area contributed by atoms with Gasteiger partial charge in [0.25, 0.3) is 5.91 Å². The van der Waals surface area contributed by atoms with Gasteiger partial charge in [-0.05, 0) is 43.2 Å². The first-order valence-corrected chi connectivity index (χ1v) is 14.3. The SMILES string of the molecule is O=C(NCc1cc2nc(-c3cnc(OC(F)F)c(C4CC4)n3)ccc2cn1)c1cc(F)c2c(c1)S(=O)(=O)[C@@H](F)CCO2. The zero-order valence-electron chi connectivity index (χ0n) is 21.6. The highest BCUT2D eigenvalue weighted by molar-refractivity contribution is 7.92. The third kappa shape index (κ3) is 5.43. The average molecular weight is 604 g/mol. The van der Waals surface area contributed by atoms with Crippen LogP contribution in [0.25, 0.3) is 22.3 Å². The maximum Gasteiger partial charge on any atom is 0.388 e. The van der Waals surface area contributed by atoms with Crippen molar-refractivity contribution in [2.75, 3.05) is 6.61 Å². The summed E-state index contributed by atoms with van der Waals surface area (Å²) >= 11 is 0. The number of fused-ring (bicyclic) bond motifs is 2. The largest absolute Gasteiger partial charge is 0.489 e. The average Bonchev–Trinajstić information content (AvgIpc) is 3.82. The Labute approximate surface area is 236 Å². The van der Waals surface area contributed by atoms with Crippen LogP contribution in [-0.2, 0) is 16.4 Å². The summed E-state index contributed by atoms with van der Waals surface area (Å²) in [6.07, 6.45) is 3.95. The smallest absolute Gasteiger partial charge is 0.388 e. The van der Waals surface area contributed by atoms with E-state index in [0.717, 1.165) is 25.0 Å². The van der Waals surface area contributed by atoms with Gasteiger partial charge in [0.1, 0.15) is 16.3 Å². The Kier molecular flexibility index (Phi) is 7.12. The van der Waals surface area contributed by atoms with Gasteiger partial charge in [0, 0.05) is 29.5 Å². The number of sulfone groups is 1. The van der Waals surface area contributed by atoms with Gasteiger partial charge in [0.05, 0.1) is 36.3 Å². The Bertz CT molecular complexity index is 1820. The minimum absolute atomic E-state index is 0.00913. The second kappa shape index (κ2) is 10.8. The number of halogens is 4. The van der Waals surface area contributed by atoms with Gasteiger partial charge in [0.2, 0.25) is 21.2 Å². The summed E-state index contributed by atoms with van der Waals surface area (Å²) in [5.74, 6) is -2.75. The summed E-state index contributed by atoms with van der Waals surface area (Å²) in [6.45, 7) is -3.47. The van der Waals surface area contributed by atoms with E-state index in [1.54, 1.807) is 18.2 Å². The molecule has 1 atom stereocenters. The lowest BCUT2D eigenvalue weighted by molar-refractivity contribution is -0.0538. The van der Waals surface area contributed by atoms with E-state index in [1.807, 2.05) is 0 Å². The number of rotatable bonds is 7. The van der Waals surface area contributed by atoms with Crippen molar-refractivity contribution in [1.82, 2.24) is 25.3 Å². The van der Waals surface area contributed by atoms with Gasteiger partial charge >= 0.3 is 6.61 Å².